The topological polar surface area (TPSA) is 50.1 Å². The van der Waals surface area contributed by atoms with Crippen LogP contribution in [0, 0.1) is 11.8 Å². The van der Waals surface area contributed by atoms with Gasteiger partial charge in [0.2, 0.25) is 0 Å². The Labute approximate surface area is 241 Å². The highest BCUT2D eigenvalue weighted by atomic mass is 16.5. The van der Waals surface area contributed by atoms with Crippen molar-refractivity contribution in [3.8, 4) is 17.0 Å². The van der Waals surface area contributed by atoms with Gasteiger partial charge in [0.05, 0.1) is 12.6 Å². The lowest BCUT2D eigenvalue weighted by molar-refractivity contribution is 0.0741. The second-order valence-electron chi connectivity index (χ2n) is 12.1. The van der Waals surface area contributed by atoms with E-state index in [1.165, 1.54) is 19.3 Å². The quantitative estimate of drug-likeness (QED) is 0.238. The van der Waals surface area contributed by atoms with Crippen LogP contribution in [0.5, 0.6) is 5.75 Å². The van der Waals surface area contributed by atoms with Crippen LogP contribution in [-0.4, -0.2) is 64.7 Å². The summed E-state index contributed by atoms with van der Waals surface area (Å²) in [6.07, 6.45) is 12.2. The SMILES string of the molecule is COc1ccc(-c2nn3ccc(C(=O)N(CCC(C)C)CCC(C)C)cc3c2/C=C/CN2CCCCC2C)cc1. The van der Waals surface area contributed by atoms with Crippen molar-refractivity contribution in [2.45, 2.75) is 72.8 Å². The van der Waals surface area contributed by atoms with Gasteiger partial charge in [-0.25, -0.2) is 4.52 Å². The normalized spacial score (nSPS) is 16.4. The molecule has 0 spiro atoms. The van der Waals surface area contributed by atoms with Gasteiger partial charge in [-0.2, -0.15) is 5.10 Å². The number of hydrogen-bond acceptors (Lipinski definition) is 4. The second-order valence-corrected chi connectivity index (χ2v) is 12.1. The second kappa shape index (κ2) is 14.0. The van der Waals surface area contributed by atoms with Gasteiger partial charge in [-0.15, -0.1) is 0 Å². The van der Waals surface area contributed by atoms with Crippen molar-refractivity contribution in [1.29, 1.82) is 0 Å². The fourth-order valence-corrected chi connectivity index (χ4v) is 5.38. The van der Waals surface area contributed by atoms with Crippen LogP contribution in [0.2, 0.25) is 0 Å². The van der Waals surface area contributed by atoms with Crippen LogP contribution in [0.25, 0.3) is 22.9 Å². The van der Waals surface area contributed by atoms with Gasteiger partial charge in [0.1, 0.15) is 11.4 Å². The third-order valence-corrected chi connectivity index (χ3v) is 8.09. The highest BCUT2D eigenvalue weighted by Gasteiger charge is 2.20. The van der Waals surface area contributed by atoms with E-state index >= 15 is 0 Å². The molecule has 1 unspecified atom stereocenters. The predicted octanol–water partition coefficient (Wildman–Crippen LogP) is 7.43. The number of hydrogen-bond donors (Lipinski definition) is 0. The van der Waals surface area contributed by atoms with E-state index in [9.17, 15) is 4.79 Å². The van der Waals surface area contributed by atoms with Gasteiger partial charge in [-0.05, 0) is 87.4 Å². The van der Waals surface area contributed by atoms with Gasteiger partial charge in [-0.3, -0.25) is 9.69 Å². The average Bonchev–Trinajstić information content (AvgIpc) is 3.31. The molecule has 2 aromatic heterocycles. The van der Waals surface area contributed by atoms with E-state index in [0.717, 1.165) is 72.7 Å². The Morgan fingerprint density at radius 2 is 1.77 bits per heavy atom. The lowest BCUT2D eigenvalue weighted by atomic mass is 10.0. The maximum Gasteiger partial charge on any atom is 0.253 e. The number of carbonyl (C=O) groups is 1. The van der Waals surface area contributed by atoms with Gasteiger partial charge in [0.15, 0.2) is 0 Å². The molecule has 4 rings (SSSR count). The molecule has 0 radical (unpaired) electrons. The summed E-state index contributed by atoms with van der Waals surface area (Å²) in [5.74, 6) is 2.03. The molecule has 1 saturated heterocycles. The van der Waals surface area contributed by atoms with Crippen molar-refractivity contribution in [3.05, 3.63) is 59.8 Å². The number of rotatable bonds is 12. The number of aromatic nitrogens is 2. The molecule has 0 N–H and O–H groups in total. The Bertz CT molecular complexity index is 1260. The zero-order valence-electron chi connectivity index (χ0n) is 25.4. The van der Waals surface area contributed by atoms with Crippen molar-refractivity contribution >= 4 is 17.5 Å². The van der Waals surface area contributed by atoms with E-state index in [4.69, 9.17) is 9.84 Å². The third-order valence-electron chi connectivity index (χ3n) is 8.09. The molecule has 1 aromatic carbocycles. The number of fused-ring (bicyclic) bond motifs is 1. The van der Waals surface area contributed by atoms with Crippen molar-refractivity contribution < 1.29 is 9.53 Å². The molecule has 216 valence electrons. The molecule has 6 nitrogen and oxygen atoms in total. The summed E-state index contributed by atoms with van der Waals surface area (Å²) in [5.41, 5.74) is 4.65. The van der Waals surface area contributed by atoms with Crippen LogP contribution >= 0.6 is 0 Å². The first kappa shape index (κ1) is 29.9. The molecule has 40 heavy (non-hydrogen) atoms. The molecular weight excluding hydrogens is 496 g/mol. The first-order chi connectivity index (χ1) is 19.3. The van der Waals surface area contributed by atoms with Crippen molar-refractivity contribution in [3.63, 3.8) is 0 Å². The summed E-state index contributed by atoms with van der Waals surface area (Å²) in [4.78, 5) is 18.4. The summed E-state index contributed by atoms with van der Waals surface area (Å²) in [6.45, 7) is 14.8. The minimum Gasteiger partial charge on any atom is -0.497 e. The monoisotopic (exact) mass is 544 g/mol. The van der Waals surface area contributed by atoms with Crippen LogP contribution in [0.3, 0.4) is 0 Å². The number of ether oxygens (including phenoxy) is 1. The number of nitrogens with zero attached hydrogens (tertiary/aromatic N) is 4. The van der Waals surface area contributed by atoms with Gasteiger partial charge in [0, 0.05) is 48.6 Å². The van der Waals surface area contributed by atoms with Crippen LogP contribution in [0.1, 0.15) is 82.6 Å². The Balaban J connectivity index is 1.70. The number of carbonyl (C=O) groups excluding carboxylic acids is 1. The minimum absolute atomic E-state index is 0.105. The van der Waals surface area contributed by atoms with Gasteiger partial charge in [0.25, 0.3) is 5.91 Å². The van der Waals surface area contributed by atoms with Crippen LogP contribution < -0.4 is 4.74 Å². The Kier molecular flexibility index (Phi) is 10.4. The third kappa shape index (κ3) is 7.54. The smallest absolute Gasteiger partial charge is 0.253 e. The average molecular weight is 545 g/mol. The molecule has 6 heteroatoms. The molecule has 3 aromatic rings. The molecule has 1 aliphatic rings. The number of benzene rings is 1. The molecule has 3 heterocycles. The number of piperidine rings is 1. The van der Waals surface area contributed by atoms with Crippen molar-refractivity contribution in [2.75, 3.05) is 33.3 Å². The van der Waals surface area contributed by atoms with Crippen LogP contribution in [0.4, 0.5) is 0 Å². The Hall–Kier alpha value is -3.12. The molecule has 1 aliphatic heterocycles. The lowest BCUT2D eigenvalue weighted by Crippen LogP contribution is -2.37. The van der Waals surface area contributed by atoms with E-state index < -0.39 is 0 Å². The largest absolute Gasteiger partial charge is 0.497 e. The maximum absolute atomic E-state index is 13.8. The number of pyridine rings is 1. The highest BCUT2D eigenvalue weighted by molar-refractivity contribution is 5.96. The fraction of sp³-hybridized carbons (Fsp3) is 0.529. The standard InChI is InChI=1S/C34H48N4O2/c1-25(2)16-21-37(22-17-26(3)4)34(39)29-18-23-38-32(24-29)31(11-9-20-36-19-8-7-10-27(36)5)33(35-38)28-12-14-30(40-6)15-13-28/h9,11-15,18,23-27H,7-8,10,16-17,19-22H2,1-6H3/b11-9+. The zero-order chi connectivity index (χ0) is 28.6. The Morgan fingerprint density at radius 3 is 2.40 bits per heavy atom. The number of likely N-dealkylation sites (tertiary alicyclic amines) is 1. The van der Waals surface area contributed by atoms with E-state index in [1.54, 1.807) is 7.11 Å². The fourth-order valence-electron chi connectivity index (χ4n) is 5.38. The molecule has 0 aliphatic carbocycles. The summed E-state index contributed by atoms with van der Waals surface area (Å²) in [6, 6.07) is 12.6. The molecule has 1 fully saturated rings. The van der Waals surface area contributed by atoms with E-state index in [0.29, 0.717) is 17.9 Å². The van der Waals surface area contributed by atoms with Crippen molar-refractivity contribution in [1.82, 2.24) is 19.4 Å². The predicted molar refractivity (Wildman–Crippen MR) is 166 cm³/mol. The summed E-state index contributed by atoms with van der Waals surface area (Å²) in [5, 5.41) is 4.97. The van der Waals surface area contributed by atoms with Gasteiger partial charge < -0.3 is 9.64 Å². The highest BCUT2D eigenvalue weighted by Crippen LogP contribution is 2.30. The van der Waals surface area contributed by atoms with Gasteiger partial charge in [-0.1, -0.05) is 46.3 Å². The van der Waals surface area contributed by atoms with Gasteiger partial charge >= 0.3 is 0 Å². The number of amides is 1. The zero-order valence-corrected chi connectivity index (χ0v) is 25.4. The maximum atomic E-state index is 13.8. The van der Waals surface area contributed by atoms with E-state index in [2.05, 4.69) is 63.8 Å². The molecular formula is C34H48N4O2. The van der Waals surface area contributed by atoms with E-state index in [-0.39, 0.29) is 5.91 Å². The summed E-state index contributed by atoms with van der Waals surface area (Å²) in [7, 11) is 1.68. The molecule has 1 amide bonds. The first-order valence-electron chi connectivity index (χ1n) is 15.1. The first-order valence-corrected chi connectivity index (χ1v) is 15.1. The Morgan fingerprint density at radius 1 is 1.07 bits per heavy atom. The lowest BCUT2D eigenvalue weighted by Gasteiger charge is -2.32. The molecule has 0 bridgehead atoms. The van der Waals surface area contributed by atoms with Crippen LogP contribution in [0.15, 0.2) is 48.7 Å². The molecule has 1 atom stereocenters. The van der Waals surface area contributed by atoms with Crippen molar-refractivity contribution in [2.24, 2.45) is 11.8 Å². The molecule has 0 saturated carbocycles. The summed E-state index contributed by atoms with van der Waals surface area (Å²) < 4.78 is 7.29. The minimum atomic E-state index is 0.105. The van der Waals surface area contributed by atoms with Crippen LogP contribution in [-0.2, 0) is 0 Å². The van der Waals surface area contributed by atoms with E-state index in [1.807, 2.05) is 39.9 Å². The number of methoxy groups -OCH3 is 1. The summed E-state index contributed by atoms with van der Waals surface area (Å²) >= 11 is 0.